The topological polar surface area (TPSA) is 81.1 Å². The first kappa shape index (κ1) is 16.0. The smallest absolute Gasteiger partial charge is 0.391 e. The van der Waals surface area contributed by atoms with Crippen molar-refractivity contribution in [2.24, 2.45) is 5.73 Å². The lowest BCUT2D eigenvalue weighted by molar-refractivity contribution is -0.136. The molecule has 0 aliphatic rings. The summed E-state index contributed by atoms with van der Waals surface area (Å²) in [5, 5.41) is 3.16. The maximum atomic E-state index is 12.3. The molecule has 108 valence electrons. The summed E-state index contributed by atoms with van der Waals surface area (Å²) in [5.74, 6) is -0.686. The van der Waals surface area contributed by atoms with Gasteiger partial charge < -0.3 is 16.8 Å². The maximum Gasteiger partial charge on any atom is 0.391 e. The number of rotatable bonds is 5. The molecule has 5 N–H and O–H groups in total. The van der Waals surface area contributed by atoms with Crippen LogP contribution in [-0.2, 0) is 0 Å². The number of nitrogen functional groups attached to an aromatic ring is 1. The number of hydrogen-bond donors (Lipinski definition) is 3. The molecule has 0 saturated heterocycles. The minimum Gasteiger partial charge on any atom is -0.396 e. The second-order valence-corrected chi connectivity index (χ2v) is 5.77. The SMILES string of the molecule is CSc1c(NC(C)CC(F)(F)F)sc(C(N)=O)c1N. The zero-order valence-electron chi connectivity index (χ0n) is 10.3. The van der Waals surface area contributed by atoms with E-state index in [1.165, 1.54) is 18.7 Å². The van der Waals surface area contributed by atoms with E-state index in [9.17, 15) is 18.0 Å². The zero-order chi connectivity index (χ0) is 14.8. The quantitative estimate of drug-likeness (QED) is 0.730. The Morgan fingerprint density at radius 1 is 1.53 bits per heavy atom. The second kappa shape index (κ2) is 5.91. The van der Waals surface area contributed by atoms with E-state index in [2.05, 4.69) is 5.32 Å². The molecule has 1 aromatic rings. The minimum absolute atomic E-state index is 0.158. The molecule has 1 amide bonds. The van der Waals surface area contributed by atoms with Gasteiger partial charge in [-0.1, -0.05) is 0 Å². The lowest BCUT2D eigenvalue weighted by atomic mass is 10.2. The third-order valence-electron chi connectivity index (χ3n) is 2.24. The number of carbonyl (C=O) groups is 1. The first-order valence-corrected chi connectivity index (χ1v) is 7.29. The highest BCUT2D eigenvalue weighted by Gasteiger charge is 2.31. The number of primary amides is 1. The van der Waals surface area contributed by atoms with Crippen LogP contribution in [0.2, 0.25) is 0 Å². The van der Waals surface area contributed by atoms with Gasteiger partial charge in [0, 0.05) is 6.04 Å². The van der Waals surface area contributed by atoms with Crippen LogP contribution in [0.4, 0.5) is 23.9 Å². The lowest BCUT2D eigenvalue weighted by Gasteiger charge is -2.16. The van der Waals surface area contributed by atoms with Gasteiger partial charge in [0.2, 0.25) is 0 Å². The van der Waals surface area contributed by atoms with Gasteiger partial charge in [0.15, 0.2) is 0 Å². The van der Waals surface area contributed by atoms with Gasteiger partial charge in [-0.05, 0) is 13.2 Å². The lowest BCUT2D eigenvalue weighted by Crippen LogP contribution is -2.23. The summed E-state index contributed by atoms with van der Waals surface area (Å²) in [6.45, 7) is 1.41. The molecule has 0 aliphatic carbocycles. The van der Waals surface area contributed by atoms with Gasteiger partial charge in [0.05, 0.1) is 17.0 Å². The normalized spacial score (nSPS) is 13.3. The number of amides is 1. The molecule has 0 aromatic carbocycles. The molecule has 1 rings (SSSR count). The molecular formula is C10H14F3N3OS2. The Kier molecular flexibility index (Phi) is 4.97. The number of halogens is 3. The van der Waals surface area contributed by atoms with E-state index in [0.717, 1.165) is 11.3 Å². The summed E-state index contributed by atoms with van der Waals surface area (Å²) in [6, 6.07) is -0.815. The van der Waals surface area contributed by atoms with Crippen molar-refractivity contribution in [3.8, 4) is 0 Å². The van der Waals surface area contributed by atoms with Gasteiger partial charge in [-0.3, -0.25) is 4.79 Å². The maximum absolute atomic E-state index is 12.3. The van der Waals surface area contributed by atoms with Crippen LogP contribution in [0.1, 0.15) is 23.0 Å². The van der Waals surface area contributed by atoms with Crippen molar-refractivity contribution in [2.45, 2.75) is 30.5 Å². The summed E-state index contributed by atoms with van der Waals surface area (Å²) in [4.78, 5) is 11.9. The molecule has 19 heavy (non-hydrogen) atoms. The van der Waals surface area contributed by atoms with Crippen LogP contribution in [0.15, 0.2) is 4.90 Å². The van der Waals surface area contributed by atoms with Crippen LogP contribution >= 0.6 is 23.1 Å². The van der Waals surface area contributed by atoms with Crippen LogP contribution < -0.4 is 16.8 Å². The molecule has 0 bridgehead atoms. The summed E-state index contributed by atoms with van der Waals surface area (Å²) >= 11 is 2.23. The number of thiophene rings is 1. The monoisotopic (exact) mass is 313 g/mol. The van der Waals surface area contributed by atoms with Crippen molar-refractivity contribution in [1.29, 1.82) is 0 Å². The van der Waals surface area contributed by atoms with Crippen molar-refractivity contribution in [3.05, 3.63) is 4.88 Å². The number of thioether (sulfide) groups is 1. The average molecular weight is 313 g/mol. The molecule has 1 unspecified atom stereocenters. The van der Waals surface area contributed by atoms with Crippen LogP contribution in [0.3, 0.4) is 0 Å². The van der Waals surface area contributed by atoms with Gasteiger partial charge in [0.25, 0.3) is 5.91 Å². The van der Waals surface area contributed by atoms with E-state index in [1.54, 1.807) is 6.26 Å². The van der Waals surface area contributed by atoms with Crippen molar-refractivity contribution >= 4 is 39.7 Å². The van der Waals surface area contributed by atoms with Crippen LogP contribution in [0, 0.1) is 0 Å². The third kappa shape index (κ3) is 4.20. The molecule has 1 heterocycles. The number of nitrogens with one attached hydrogen (secondary N) is 1. The van der Waals surface area contributed by atoms with Crippen LogP contribution in [0.5, 0.6) is 0 Å². The van der Waals surface area contributed by atoms with E-state index < -0.39 is 24.5 Å². The Hall–Kier alpha value is -1.09. The number of carbonyl (C=O) groups excluding carboxylic acids is 1. The first-order chi connectivity index (χ1) is 8.65. The van der Waals surface area contributed by atoms with Gasteiger partial charge >= 0.3 is 6.18 Å². The standard InChI is InChI=1S/C10H14F3N3OS2/c1-4(3-10(11,12)13)16-9-7(18-2)5(14)6(19-9)8(15)17/h4,16H,3,14H2,1-2H3,(H2,15,17). The highest BCUT2D eigenvalue weighted by atomic mass is 32.2. The molecule has 0 aliphatic heterocycles. The Morgan fingerprint density at radius 2 is 2.11 bits per heavy atom. The Morgan fingerprint density at radius 3 is 2.53 bits per heavy atom. The third-order valence-corrected chi connectivity index (χ3v) is 4.36. The van der Waals surface area contributed by atoms with E-state index in [1.807, 2.05) is 0 Å². The summed E-state index contributed by atoms with van der Waals surface area (Å²) in [6.07, 6.45) is -3.49. The van der Waals surface area contributed by atoms with E-state index in [0.29, 0.717) is 9.90 Å². The van der Waals surface area contributed by atoms with E-state index in [4.69, 9.17) is 11.5 Å². The molecular weight excluding hydrogens is 299 g/mol. The van der Waals surface area contributed by atoms with Gasteiger partial charge in [-0.25, -0.2) is 0 Å². The Labute approximate surface area is 116 Å². The fraction of sp³-hybridized carbons (Fsp3) is 0.500. The summed E-state index contributed by atoms with van der Waals surface area (Å²) in [5.41, 5.74) is 11.1. The molecule has 1 atom stereocenters. The van der Waals surface area contributed by atoms with Gasteiger partial charge in [0.1, 0.15) is 9.88 Å². The number of anilines is 2. The largest absolute Gasteiger partial charge is 0.396 e. The van der Waals surface area contributed by atoms with E-state index in [-0.39, 0.29) is 10.6 Å². The molecule has 0 fully saturated rings. The van der Waals surface area contributed by atoms with Gasteiger partial charge in [-0.15, -0.1) is 23.1 Å². The van der Waals surface area contributed by atoms with Crippen molar-refractivity contribution in [3.63, 3.8) is 0 Å². The van der Waals surface area contributed by atoms with Gasteiger partial charge in [-0.2, -0.15) is 13.2 Å². The molecule has 1 aromatic heterocycles. The molecule has 0 spiro atoms. The molecule has 0 saturated carbocycles. The fourth-order valence-corrected chi connectivity index (χ4v) is 3.52. The molecule has 9 heteroatoms. The van der Waals surface area contributed by atoms with E-state index >= 15 is 0 Å². The van der Waals surface area contributed by atoms with Crippen molar-refractivity contribution in [1.82, 2.24) is 0 Å². The number of nitrogens with two attached hydrogens (primary N) is 2. The highest BCUT2D eigenvalue weighted by molar-refractivity contribution is 7.99. The van der Waals surface area contributed by atoms with Crippen LogP contribution in [0.25, 0.3) is 0 Å². The summed E-state index contributed by atoms with van der Waals surface area (Å²) < 4.78 is 36.8. The zero-order valence-corrected chi connectivity index (χ0v) is 11.9. The predicted molar refractivity (Wildman–Crippen MR) is 72.8 cm³/mol. The minimum atomic E-state index is -4.25. The highest BCUT2D eigenvalue weighted by Crippen LogP contribution is 2.42. The number of alkyl halides is 3. The molecule has 0 radical (unpaired) electrons. The summed E-state index contributed by atoms with van der Waals surface area (Å²) in [7, 11) is 0. The van der Waals surface area contributed by atoms with Crippen LogP contribution in [-0.4, -0.2) is 24.4 Å². The van der Waals surface area contributed by atoms with Crippen molar-refractivity contribution < 1.29 is 18.0 Å². The fourth-order valence-electron chi connectivity index (χ4n) is 1.53. The molecule has 4 nitrogen and oxygen atoms in total. The number of hydrogen-bond acceptors (Lipinski definition) is 5. The second-order valence-electron chi connectivity index (χ2n) is 3.94. The van der Waals surface area contributed by atoms with Crippen molar-refractivity contribution in [2.75, 3.05) is 17.3 Å². The average Bonchev–Trinajstić information content (AvgIpc) is 2.52. The Balaban J connectivity index is 2.95. The predicted octanol–water partition coefficient (Wildman–Crippen LogP) is 2.90. The first-order valence-electron chi connectivity index (χ1n) is 5.25. The Bertz CT molecular complexity index is 473.